The molecule has 0 aromatic heterocycles. The van der Waals surface area contributed by atoms with Gasteiger partial charge in [-0.2, -0.15) is 10.5 Å². The number of rotatable bonds is 6. The van der Waals surface area contributed by atoms with Crippen LogP contribution in [0.25, 0.3) is 11.6 Å². The van der Waals surface area contributed by atoms with Crippen molar-refractivity contribution in [2.24, 2.45) is 0 Å². The second-order valence-electron chi connectivity index (χ2n) is 6.27. The Bertz CT molecular complexity index is 1190. The number of methoxy groups -OCH3 is 1. The van der Waals surface area contributed by atoms with Gasteiger partial charge in [0.2, 0.25) is 0 Å². The normalized spacial score (nSPS) is 10.8. The molecule has 4 nitrogen and oxygen atoms in total. The van der Waals surface area contributed by atoms with Crippen LogP contribution in [0.1, 0.15) is 22.3 Å². The molecule has 6 heteroatoms. The quantitative estimate of drug-likeness (QED) is 0.234. The van der Waals surface area contributed by atoms with Gasteiger partial charge in [-0.1, -0.05) is 30.3 Å². The molecule has 0 atom stereocenters. The summed E-state index contributed by atoms with van der Waals surface area (Å²) in [5, 5.41) is 18.8. The monoisotopic (exact) mass is 510 g/mol. The van der Waals surface area contributed by atoms with Crippen LogP contribution in [0.15, 0.2) is 60.7 Å². The van der Waals surface area contributed by atoms with Crippen LogP contribution in [0.5, 0.6) is 11.5 Å². The molecule has 0 amide bonds. The van der Waals surface area contributed by atoms with Crippen LogP contribution in [-0.4, -0.2) is 7.11 Å². The van der Waals surface area contributed by atoms with E-state index in [9.17, 15) is 14.9 Å². The zero-order valence-electron chi connectivity index (χ0n) is 16.0. The summed E-state index contributed by atoms with van der Waals surface area (Å²) in [6.07, 6.45) is 1.67. The number of ether oxygens (including phenoxy) is 2. The number of benzene rings is 3. The molecule has 0 fully saturated rings. The predicted molar refractivity (Wildman–Crippen MR) is 121 cm³/mol. The summed E-state index contributed by atoms with van der Waals surface area (Å²) >= 11 is 2.13. The maximum Gasteiger partial charge on any atom is 0.174 e. The average molecular weight is 510 g/mol. The molecule has 0 N–H and O–H groups in total. The van der Waals surface area contributed by atoms with Crippen molar-refractivity contribution in [2.45, 2.75) is 6.61 Å². The Morgan fingerprint density at radius 1 is 1.10 bits per heavy atom. The first kappa shape index (κ1) is 21.4. The molecule has 0 saturated heterocycles. The molecule has 0 bridgehead atoms. The standard InChI is InChI=1S/C24H16FIN2O2/c1-29-23-11-16(9-20(14-28)17-7-4-8-21(25)12-17)10-22(26)24(23)30-15-19-6-3-2-5-18(19)13-27/h2-12H,15H2,1H3/b20-9-. The van der Waals surface area contributed by atoms with Gasteiger partial charge in [-0.05, 0) is 70.1 Å². The third kappa shape index (κ3) is 4.97. The van der Waals surface area contributed by atoms with Gasteiger partial charge < -0.3 is 9.47 Å². The SMILES string of the molecule is COc1cc(/C=C(/C#N)c2cccc(F)c2)cc(I)c1OCc1ccccc1C#N. The highest BCUT2D eigenvalue weighted by atomic mass is 127. The van der Waals surface area contributed by atoms with Gasteiger partial charge in [-0.25, -0.2) is 4.39 Å². The van der Waals surface area contributed by atoms with Crippen LogP contribution in [0.4, 0.5) is 4.39 Å². The summed E-state index contributed by atoms with van der Waals surface area (Å²) in [5.41, 5.74) is 2.89. The van der Waals surface area contributed by atoms with Crippen LogP contribution < -0.4 is 9.47 Å². The fourth-order valence-corrected chi connectivity index (χ4v) is 3.65. The lowest BCUT2D eigenvalue weighted by molar-refractivity contribution is 0.282. The molecule has 3 aromatic rings. The third-order valence-corrected chi connectivity index (χ3v) is 5.13. The molecule has 3 aromatic carbocycles. The van der Waals surface area contributed by atoms with Crippen molar-refractivity contribution in [1.82, 2.24) is 0 Å². The Kier molecular flexibility index (Phi) is 7.05. The van der Waals surface area contributed by atoms with Crippen molar-refractivity contribution in [3.8, 4) is 23.6 Å². The van der Waals surface area contributed by atoms with E-state index < -0.39 is 5.82 Å². The van der Waals surface area contributed by atoms with Gasteiger partial charge in [0.15, 0.2) is 11.5 Å². The minimum Gasteiger partial charge on any atom is -0.493 e. The predicted octanol–water partition coefficient (Wildman–Crippen LogP) is 5.95. The lowest BCUT2D eigenvalue weighted by atomic mass is 10.0. The van der Waals surface area contributed by atoms with E-state index in [1.54, 1.807) is 36.4 Å². The molecule has 0 spiro atoms. The largest absolute Gasteiger partial charge is 0.493 e. The van der Waals surface area contributed by atoms with Crippen molar-refractivity contribution in [1.29, 1.82) is 10.5 Å². The molecule has 0 radical (unpaired) electrons. The molecule has 0 aliphatic carbocycles. The second kappa shape index (κ2) is 9.91. The van der Waals surface area contributed by atoms with E-state index in [0.717, 1.165) is 14.7 Å². The molecule has 148 valence electrons. The van der Waals surface area contributed by atoms with Gasteiger partial charge >= 0.3 is 0 Å². The van der Waals surface area contributed by atoms with Crippen LogP contribution in [0.2, 0.25) is 0 Å². The highest BCUT2D eigenvalue weighted by molar-refractivity contribution is 14.1. The zero-order chi connectivity index (χ0) is 21.5. The fourth-order valence-electron chi connectivity index (χ4n) is 2.87. The molecule has 0 heterocycles. The Hall–Kier alpha value is -3.36. The Morgan fingerprint density at radius 2 is 1.90 bits per heavy atom. The Balaban J connectivity index is 1.92. The van der Waals surface area contributed by atoms with E-state index in [-0.39, 0.29) is 6.61 Å². The summed E-state index contributed by atoms with van der Waals surface area (Å²) in [7, 11) is 1.53. The van der Waals surface area contributed by atoms with Crippen molar-refractivity contribution in [2.75, 3.05) is 7.11 Å². The minimum absolute atomic E-state index is 0.220. The van der Waals surface area contributed by atoms with Gasteiger partial charge in [0.1, 0.15) is 12.4 Å². The van der Waals surface area contributed by atoms with E-state index in [4.69, 9.17) is 9.47 Å². The first-order valence-electron chi connectivity index (χ1n) is 8.91. The summed E-state index contributed by atoms with van der Waals surface area (Å²) in [6.45, 7) is 0.220. The van der Waals surface area contributed by atoms with Crippen molar-refractivity contribution < 1.29 is 13.9 Å². The van der Waals surface area contributed by atoms with Crippen molar-refractivity contribution in [3.05, 3.63) is 92.3 Å². The van der Waals surface area contributed by atoms with E-state index in [1.807, 2.05) is 18.2 Å². The van der Waals surface area contributed by atoms with Crippen LogP contribution in [0, 0.1) is 32.0 Å². The maximum absolute atomic E-state index is 13.5. The Morgan fingerprint density at radius 3 is 2.60 bits per heavy atom. The minimum atomic E-state index is -0.401. The molecule has 0 saturated carbocycles. The number of halogens is 2. The van der Waals surface area contributed by atoms with Gasteiger partial charge in [0.25, 0.3) is 0 Å². The number of allylic oxidation sites excluding steroid dienone is 1. The molecule has 0 aliphatic rings. The fraction of sp³-hybridized carbons (Fsp3) is 0.0833. The van der Waals surface area contributed by atoms with E-state index in [1.165, 1.54) is 19.2 Å². The van der Waals surface area contributed by atoms with Gasteiger partial charge in [-0.15, -0.1) is 0 Å². The van der Waals surface area contributed by atoms with E-state index in [0.29, 0.717) is 28.2 Å². The maximum atomic E-state index is 13.5. The first-order chi connectivity index (χ1) is 14.5. The van der Waals surface area contributed by atoms with Crippen LogP contribution >= 0.6 is 22.6 Å². The number of hydrogen-bond donors (Lipinski definition) is 0. The number of hydrogen-bond acceptors (Lipinski definition) is 4. The number of nitrogens with zero attached hydrogens (tertiary/aromatic N) is 2. The number of nitriles is 2. The lowest BCUT2D eigenvalue weighted by Gasteiger charge is -2.14. The average Bonchev–Trinajstić information content (AvgIpc) is 2.76. The van der Waals surface area contributed by atoms with E-state index in [2.05, 4.69) is 34.7 Å². The molecule has 0 aliphatic heterocycles. The second-order valence-corrected chi connectivity index (χ2v) is 7.43. The summed E-state index contributed by atoms with van der Waals surface area (Å²) in [6, 6.07) is 21.0. The molecular formula is C24H16FIN2O2. The van der Waals surface area contributed by atoms with Gasteiger partial charge in [0.05, 0.1) is 34.0 Å². The van der Waals surface area contributed by atoms with Crippen molar-refractivity contribution in [3.63, 3.8) is 0 Å². The highest BCUT2D eigenvalue weighted by Crippen LogP contribution is 2.36. The lowest BCUT2D eigenvalue weighted by Crippen LogP contribution is -2.02. The van der Waals surface area contributed by atoms with Crippen LogP contribution in [0.3, 0.4) is 0 Å². The first-order valence-corrected chi connectivity index (χ1v) is 9.99. The zero-order valence-corrected chi connectivity index (χ0v) is 18.2. The topological polar surface area (TPSA) is 66.0 Å². The highest BCUT2D eigenvalue weighted by Gasteiger charge is 2.13. The van der Waals surface area contributed by atoms with Gasteiger partial charge in [-0.3, -0.25) is 0 Å². The molecular weight excluding hydrogens is 494 g/mol. The molecule has 0 unspecified atom stereocenters. The van der Waals surface area contributed by atoms with Crippen molar-refractivity contribution >= 4 is 34.2 Å². The summed E-state index contributed by atoms with van der Waals surface area (Å²) in [5.74, 6) is 0.647. The smallest absolute Gasteiger partial charge is 0.174 e. The third-order valence-electron chi connectivity index (χ3n) is 4.33. The van der Waals surface area contributed by atoms with Crippen LogP contribution in [-0.2, 0) is 6.61 Å². The molecule has 3 rings (SSSR count). The summed E-state index contributed by atoms with van der Waals surface area (Å²) in [4.78, 5) is 0. The van der Waals surface area contributed by atoms with E-state index >= 15 is 0 Å². The van der Waals surface area contributed by atoms with Gasteiger partial charge in [0, 0.05) is 5.56 Å². The summed E-state index contributed by atoms with van der Waals surface area (Å²) < 4.78 is 25.7. The molecule has 30 heavy (non-hydrogen) atoms. The Labute approximate surface area is 187 Å².